The molecule has 0 aliphatic heterocycles. The van der Waals surface area contributed by atoms with Crippen LogP contribution in [0.25, 0.3) is 11.4 Å². The maximum absolute atomic E-state index is 11.7. The molecule has 0 atom stereocenters. The molecule has 8 heteroatoms. The Morgan fingerprint density at radius 2 is 2.10 bits per heavy atom. The zero-order chi connectivity index (χ0) is 14.5. The highest BCUT2D eigenvalue weighted by atomic mass is 32.1. The van der Waals surface area contributed by atoms with Crippen LogP contribution < -0.4 is 10.6 Å². The van der Waals surface area contributed by atoms with Crippen molar-refractivity contribution in [3.8, 4) is 11.4 Å². The van der Waals surface area contributed by atoms with E-state index in [1.165, 1.54) is 11.3 Å². The number of rotatable bonds is 4. The Labute approximate surface area is 129 Å². The summed E-state index contributed by atoms with van der Waals surface area (Å²) in [5.74, 6) is 0.607. The smallest absolute Gasteiger partial charge is 0.321 e. The molecule has 6 nitrogen and oxygen atoms in total. The van der Waals surface area contributed by atoms with Gasteiger partial charge in [-0.05, 0) is 0 Å². The van der Waals surface area contributed by atoms with Crippen molar-refractivity contribution in [2.45, 2.75) is 6.54 Å². The number of nitrogens with zero attached hydrogens (tertiary/aromatic N) is 3. The van der Waals surface area contributed by atoms with Crippen molar-refractivity contribution in [3.63, 3.8) is 0 Å². The third kappa shape index (κ3) is 3.61. The van der Waals surface area contributed by atoms with E-state index >= 15 is 0 Å². The normalized spacial score (nSPS) is 10.3. The lowest BCUT2D eigenvalue weighted by Crippen LogP contribution is -2.28. The number of urea groups is 1. The molecule has 0 aliphatic carbocycles. The van der Waals surface area contributed by atoms with Crippen molar-refractivity contribution < 1.29 is 4.79 Å². The van der Waals surface area contributed by atoms with E-state index in [0.717, 1.165) is 22.1 Å². The third-order valence-corrected chi connectivity index (χ3v) is 3.97. The Bertz CT molecular complexity index is 711. The molecule has 0 saturated heterocycles. The maximum Gasteiger partial charge on any atom is 0.321 e. The summed E-state index contributed by atoms with van der Waals surface area (Å²) < 4.78 is 4.23. The number of carbonyl (C=O) groups is 1. The van der Waals surface area contributed by atoms with Gasteiger partial charge in [-0.25, -0.2) is 9.78 Å². The van der Waals surface area contributed by atoms with Gasteiger partial charge in [-0.1, -0.05) is 30.3 Å². The van der Waals surface area contributed by atoms with Crippen LogP contribution in [0.15, 0.2) is 41.9 Å². The number of hydrogen-bond acceptors (Lipinski definition) is 6. The van der Waals surface area contributed by atoms with Crippen molar-refractivity contribution in [1.29, 1.82) is 0 Å². The number of carbonyl (C=O) groups excluding carboxylic acids is 1. The van der Waals surface area contributed by atoms with Gasteiger partial charge in [0.2, 0.25) is 5.13 Å². The maximum atomic E-state index is 11.7. The molecular formula is C13H11N5OS2. The van der Waals surface area contributed by atoms with Gasteiger partial charge in [0, 0.05) is 28.7 Å². The van der Waals surface area contributed by atoms with Crippen LogP contribution in [0.1, 0.15) is 5.01 Å². The van der Waals surface area contributed by atoms with Gasteiger partial charge in [-0.15, -0.1) is 11.3 Å². The van der Waals surface area contributed by atoms with Gasteiger partial charge in [-0.3, -0.25) is 5.32 Å². The van der Waals surface area contributed by atoms with Crippen LogP contribution >= 0.6 is 22.9 Å². The highest BCUT2D eigenvalue weighted by Crippen LogP contribution is 2.20. The Morgan fingerprint density at radius 3 is 2.86 bits per heavy atom. The van der Waals surface area contributed by atoms with E-state index in [0.29, 0.717) is 17.5 Å². The first-order valence-corrected chi connectivity index (χ1v) is 7.79. The molecule has 0 aliphatic rings. The summed E-state index contributed by atoms with van der Waals surface area (Å²) in [6.45, 7) is 0.397. The molecule has 0 spiro atoms. The monoisotopic (exact) mass is 317 g/mol. The molecule has 2 aromatic heterocycles. The van der Waals surface area contributed by atoms with Gasteiger partial charge >= 0.3 is 6.03 Å². The number of hydrogen-bond donors (Lipinski definition) is 2. The van der Waals surface area contributed by atoms with Crippen molar-refractivity contribution in [3.05, 3.63) is 46.9 Å². The first-order chi connectivity index (χ1) is 10.3. The van der Waals surface area contributed by atoms with Crippen molar-refractivity contribution >= 4 is 34.0 Å². The molecule has 0 radical (unpaired) electrons. The molecule has 0 unspecified atom stereocenters. The van der Waals surface area contributed by atoms with E-state index in [1.807, 2.05) is 35.7 Å². The highest BCUT2D eigenvalue weighted by Gasteiger charge is 2.09. The summed E-state index contributed by atoms with van der Waals surface area (Å²) in [6, 6.07) is 9.30. The molecule has 0 bridgehead atoms. The summed E-state index contributed by atoms with van der Waals surface area (Å²) in [7, 11) is 0. The summed E-state index contributed by atoms with van der Waals surface area (Å²) in [6.07, 6.45) is 1.70. The third-order valence-electron chi connectivity index (χ3n) is 2.56. The standard InChI is InChI=1S/C13H11N5OS2/c19-12(15-8-10-14-6-7-20-10)17-13-16-11(18-21-13)9-4-2-1-3-5-9/h1-7H,8H2,(H2,15,16,17,18,19). The summed E-state index contributed by atoms with van der Waals surface area (Å²) >= 11 is 2.64. The Balaban J connectivity index is 1.58. The minimum Gasteiger partial charge on any atom is -0.331 e. The van der Waals surface area contributed by atoms with Gasteiger partial charge in [0.15, 0.2) is 5.82 Å². The molecule has 0 saturated carbocycles. The van der Waals surface area contributed by atoms with Crippen LogP contribution in [0.5, 0.6) is 0 Å². The van der Waals surface area contributed by atoms with E-state index in [-0.39, 0.29) is 6.03 Å². The number of benzene rings is 1. The zero-order valence-electron chi connectivity index (χ0n) is 10.8. The van der Waals surface area contributed by atoms with Gasteiger partial charge in [-0.2, -0.15) is 9.36 Å². The van der Waals surface area contributed by atoms with Crippen LogP contribution in [0, 0.1) is 0 Å². The van der Waals surface area contributed by atoms with E-state index in [1.54, 1.807) is 6.20 Å². The summed E-state index contributed by atoms with van der Waals surface area (Å²) in [4.78, 5) is 20.1. The summed E-state index contributed by atoms with van der Waals surface area (Å²) in [5.41, 5.74) is 0.921. The van der Waals surface area contributed by atoms with Crippen LogP contribution in [-0.4, -0.2) is 20.4 Å². The predicted octanol–water partition coefficient (Wildman–Crippen LogP) is 2.98. The second-order valence-corrected chi connectivity index (χ2v) is 5.75. The lowest BCUT2D eigenvalue weighted by molar-refractivity contribution is 0.251. The molecule has 2 N–H and O–H groups in total. The summed E-state index contributed by atoms with van der Waals surface area (Å²) in [5, 5.41) is 8.57. The zero-order valence-corrected chi connectivity index (χ0v) is 12.4. The van der Waals surface area contributed by atoms with Crippen molar-refractivity contribution in [2.75, 3.05) is 5.32 Å². The quantitative estimate of drug-likeness (QED) is 0.775. The molecule has 21 heavy (non-hydrogen) atoms. The van der Waals surface area contributed by atoms with Crippen LogP contribution in [0.4, 0.5) is 9.93 Å². The molecule has 3 aromatic rings. The van der Waals surface area contributed by atoms with E-state index in [2.05, 4.69) is 25.0 Å². The predicted molar refractivity (Wildman–Crippen MR) is 83.3 cm³/mol. The van der Waals surface area contributed by atoms with Crippen LogP contribution in [0.3, 0.4) is 0 Å². The van der Waals surface area contributed by atoms with E-state index in [9.17, 15) is 4.79 Å². The number of nitrogens with one attached hydrogen (secondary N) is 2. The largest absolute Gasteiger partial charge is 0.331 e. The SMILES string of the molecule is O=C(NCc1nccs1)Nc1nc(-c2ccccc2)ns1. The number of amides is 2. The molecule has 0 fully saturated rings. The average molecular weight is 317 g/mol. The van der Waals surface area contributed by atoms with Gasteiger partial charge < -0.3 is 5.32 Å². The lowest BCUT2D eigenvalue weighted by Gasteiger charge is -2.02. The molecule has 2 amide bonds. The number of anilines is 1. The topological polar surface area (TPSA) is 79.8 Å². The van der Waals surface area contributed by atoms with Gasteiger partial charge in [0.1, 0.15) is 5.01 Å². The minimum atomic E-state index is -0.319. The fraction of sp³-hybridized carbons (Fsp3) is 0.0769. The minimum absolute atomic E-state index is 0.319. The van der Waals surface area contributed by atoms with Crippen molar-refractivity contribution in [2.24, 2.45) is 0 Å². The lowest BCUT2D eigenvalue weighted by atomic mass is 10.2. The molecule has 2 heterocycles. The fourth-order valence-corrected chi connectivity index (χ4v) is 2.76. The van der Waals surface area contributed by atoms with E-state index in [4.69, 9.17) is 0 Å². The second kappa shape index (κ2) is 6.42. The first-order valence-electron chi connectivity index (χ1n) is 6.13. The second-order valence-electron chi connectivity index (χ2n) is 4.02. The van der Waals surface area contributed by atoms with Gasteiger partial charge in [0.25, 0.3) is 0 Å². The first kappa shape index (κ1) is 13.7. The molecule has 1 aromatic carbocycles. The fourth-order valence-electron chi connectivity index (χ4n) is 1.62. The number of thiazole rings is 1. The van der Waals surface area contributed by atoms with Crippen LogP contribution in [0.2, 0.25) is 0 Å². The highest BCUT2D eigenvalue weighted by molar-refractivity contribution is 7.10. The molecular weight excluding hydrogens is 306 g/mol. The van der Waals surface area contributed by atoms with Crippen molar-refractivity contribution in [1.82, 2.24) is 19.7 Å². The van der Waals surface area contributed by atoms with E-state index < -0.39 is 0 Å². The van der Waals surface area contributed by atoms with Gasteiger partial charge in [0.05, 0.1) is 6.54 Å². The molecule has 106 valence electrons. The Hall–Kier alpha value is -2.32. The Kier molecular flexibility index (Phi) is 4.17. The average Bonchev–Trinajstić information content (AvgIpc) is 3.17. The number of aromatic nitrogens is 3. The molecule has 3 rings (SSSR count). The van der Waals surface area contributed by atoms with Crippen LogP contribution in [-0.2, 0) is 6.54 Å². The Morgan fingerprint density at radius 1 is 1.24 bits per heavy atom.